The number of piperazine rings is 1. The summed E-state index contributed by atoms with van der Waals surface area (Å²) >= 11 is 5.71. The van der Waals surface area contributed by atoms with E-state index >= 15 is 0 Å². The molecule has 0 spiro atoms. The van der Waals surface area contributed by atoms with Crippen molar-refractivity contribution in [3.8, 4) is 0 Å². The van der Waals surface area contributed by atoms with Crippen LogP contribution in [0.5, 0.6) is 0 Å². The normalized spacial score (nSPS) is 26.6. The third-order valence-corrected chi connectivity index (χ3v) is 4.22. The van der Waals surface area contributed by atoms with Crippen molar-refractivity contribution in [1.82, 2.24) is 5.32 Å². The summed E-state index contributed by atoms with van der Waals surface area (Å²) in [5.74, 6) is -0.995. The van der Waals surface area contributed by atoms with E-state index in [9.17, 15) is 14.0 Å². The van der Waals surface area contributed by atoms with E-state index in [4.69, 9.17) is 11.6 Å². The van der Waals surface area contributed by atoms with Crippen molar-refractivity contribution in [3.05, 3.63) is 29.0 Å². The van der Waals surface area contributed by atoms with Gasteiger partial charge in [0.2, 0.25) is 5.91 Å². The Kier molecular flexibility index (Phi) is 2.97. The first-order valence-electron chi connectivity index (χ1n) is 6.50. The molecule has 3 rings (SSSR count). The molecule has 1 saturated carbocycles. The molecule has 2 fully saturated rings. The molecular weight excluding hydrogens is 283 g/mol. The van der Waals surface area contributed by atoms with E-state index in [1.807, 2.05) is 0 Å². The molecule has 20 heavy (non-hydrogen) atoms. The smallest absolute Gasteiger partial charge is 0.253 e. The third-order valence-electron chi connectivity index (χ3n) is 3.98. The maximum absolute atomic E-state index is 14.0. The summed E-state index contributed by atoms with van der Waals surface area (Å²) in [6.45, 7) is 1.55. The van der Waals surface area contributed by atoms with Crippen LogP contribution < -0.4 is 10.2 Å². The minimum Gasteiger partial charge on any atom is -0.340 e. The van der Waals surface area contributed by atoms with E-state index in [2.05, 4.69) is 5.32 Å². The lowest BCUT2D eigenvalue weighted by Gasteiger charge is -2.40. The molecule has 2 amide bonds. The van der Waals surface area contributed by atoms with Crippen molar-refractivity contribution in [2.75, 3.05) is 11.4 Å². The predicted octanol–water partition coefficient (Wildman–Crippen LogP) is 2.11. The highest BCUT2D eigenvalue weighted by Gasteiger charge is 2.53. The van der Waals surface area contributed by atoms with Crippen molar-refractivity contribution in [1.29, 1.82) is 0 Å². The fraction of sp³-hybridized carbons (Fsp3) is 0.429. The van der Waals surface area contributed by atoms with E-state index in [-0.39, 0.29) is 35.0 Å². The second-order valence-corrected chi connectivity index (χ2v) is 5.95. The summed E-state index contributed by atoms with van der Waals surface area (Å²) < 4.78 is 14.0. The van der Waals surface area contributed by atoms with Gasteiger partial charge in [0.15, 0.2) is 0 Å². The van der Waals surface area contributed by atoms with E-state index in [0.29, 0.717) is 0 Å². The molecule has 1 atom stereocenters. The number of hydrogen-bond donors (Lipinski definition) is 1. The lowest BCUT2D eigenvalue weighted by atomic mass is 9.91. The van der Waals surface area contributed by atoms with E-state index < -0.39 is 11.4 Å². The minimum atomic E-state index is -0.929. The largest absolute Gasteiger partial charge is 0.340 e. The van der Waals surface area contributed by atoms with Crippen LogP contribution in [0.3, 0.4) is 0 Å². The van der Waals surface area contributed by atoms with Gasteiger partial charge in [-0.2, -0.15) is 0 Å². The summed E-state index contributed by atoms with van der Waals surface area (Å²) in [6, 6.07) is 4.08. The number of rotatable bonds is 2. The summed E-state index contributed by atoms with van der Waals surface area (Å²) in [4.78, 5) is 25.7. The first-order valence-corrected chi connectivity index (χ1v) is 6.87. The molecule has 1 aliphatic carbocycles. The van der Waals surface area contributed by atoms with Crippen LogP contribution >= 0.6 is 11.6 Å². The van der Waals surface area contributed by atoms with Gasteiger partial charge in [-0.3, -0.25) is 14.5 Å². The van der Waals surface area contributed by atoms with Gasteiger partial charge in [0, 0.05) is 5.02 Å². The fourth-order valence-electron chi connectivity index (χ4n) is 2.71. The van der Waals surface area contributed by atoms with E-state index in [0.717, 1.165) is 18.9 Å². The van der Waals surface area contributed by atoms with Gasteiger partial charge in [-0.15, -0.1) is 0 Å². The Labute approximate surface area is 120 Å². The van der Waals surface area contributed by atoms with Gasteiger partial charge in [0.05, 0.1) is 5.69 Å². The average molecular weight is 297 g/mol. The molecule has 4 nitrogen and oxygen atoms in total. The molecule has 1 unspecified atom stereocenters. The highest BCUT2D eigenvalue weighted by Crippen LogP contribution is 2.42. The van der Waals surface area contributed by atoms with Gasteiger partial charge in [0.25, 0.3) is 5.91 Å². The first-order chi connectivity index (χ1) is 9.41. The van der Waals surface area contributed by atoms with Gasteiger partial charge in [-0.05, 0) is 43.9 Å². The van der Waals surface area contributed by atoms with Gasteiger partial charge in [-0.25, -0.2) is 4.39 Å². The van der Waals surface area contributed by atoms with Crippen molar-refractivity contribution >= 4 is 29.1 Å². The number of hydrogen-bond acceptors (Lipinski definition) is 2. The molecule has 0 aromatic heterocycles. The number of nitrogens with one attached hydrogen (secondary N) is 1. The second kappa shape index (κ2) is 4.45. The zero-order chi connectivity index (χ0) is 14.5. The lowest BCUT2D eigenvalue weighted by molar-refractivity contribution is -0.136. The number of benzene rings is 1. The van der Waals surface area contributed by atoms with Crippen LogP contribution in [0.1, 0.15) is 19.8 Å². The van der Waals surface area contributed by atoms with E-state index in [1.165, 1.54) is 17.0 Å². The first kappa shape index (κ1) is 13.4. The summed E-state index contributed by atoms with van der Waals surface area (Å²) in [6.07, 6.45) is 1.80. The van der Waals surface area contributed by atoms with Crippen LogP contribution in [-0.2, 0) is 9.59 Å². The minimum absolute atomic E-state index is 0.0983. The lowest BCUT2D eigenvalue weighted by Crippen LogP contribution is -2.66. The Balaban J connectivity index is 1.99. The summed E-state index contributed by atoms with van der Waals surface area (Å²) in [5, 5.41) is 3.01. The summed E-state index contributed by atoms with van der Waals surface area (Å²) in [5.41, 5.74) is -0.831. The van der Waals surface area contributed by atoms with E-state index in [1.54, 1.807) is 6.92 Å². The molecule has 1 aromatic carbocycles. The molecule has 2 aliphatic rings. The SMILES string of the molecule is CC1(C2CC2)NC(=O)CN(c2ccc(Cl)cc2F)C1=O. The number of carbonyl (C=O) groups is 2. The van der Waals surface area contributed by atoms with Crippen molar-refractivity contribution in [3.63, 3.8) is 0 Å². The maximum Gasteiger partial charge on any atom is 0.253 e. The molecule has 106 valence electrons. The Morgan fingerprint density at radius 1 is 1.40 bits per heavy atom. The van der Waals surface area contributed by atoms with Crippen molar-refractivity contribution < 1.29 is 14.0 Å². The number of carbonyl (C=O) groups excluding carboxylic acids is 2. The van der Waals surface area contributed by atoms with Gasteiger partial charge in [0.1, 0.15) is 17.9 Å². The molecule has 1 saturated heterocycles. The average Bonchev–Trinajstić information content (AvgIpc) is 3.18. The van der Waals surface area contributed by atoms with Crippen molar-refractivity contribution in [2.45, 2.75) is 25.3 Å². The van der Waals surface area contributed by atoms with Crippen LogP contribution in [0.25, 0.3) is 0 Å². The molecule has 1 aliphatic heterocycles. The Hall–Kier alpha value is -1.62. The maximum atomic E-state index is 14.0. The molecule has 1 heterocycles. The van der Waals surface area contributed by atoms with Crippen LogP contribution in [-0.4, -0.2) is 23.9 Å². The van der Waals surface area contributed by atoms with Crippen molar-refractivity contribution in [2.24, 2.45) is 5.92 Å². The summed E-state index contributed by atoms with van der Waals surface area (Å²) in [7, 11) is 0. The number of nitrogens with zero attached hydrogens (tertiary/aromatic N) is 1. The molecule has 0 radical (unpaired) electrons. The zero-order valence-electron chi connectivity index (χ0n) is 11.0. The number of amides is 2. The highest BCUT2D eigenvalue weighted by atomic mass is 35.5. The number of halogens is 2. The molecule has 1 aromatic rings. The van der Waals surface area contributed by atoms with Gasteiger partial charge < -0.3 is 5.32 Å². The predicted molar refractivity (Wildman–Crippen MR) is 73.0 cm³/mol. The Morgan fingerprint density at radius 3 is 2.70 bits per heavy atom. The monoisotopic (exact) mass is 296 g/mol. The quantitative estimate of drug-likeness (QED) is 0.909. The standard InChI is InChI=1S/C14H14ClFN2O2/c1-14(8-2-3-8)13(20)18(7-12(19)17-14)11-5-4-9(15)6-10(11)16/h4-6,8H,2-3,7H2,1H3,(H,17,19). The highest BCUT2D eigenvalue weighted by molar-refractivity contribution is 6.30. The molecule has 1 N–H and O–H groups in total. The Bertz CT molecular complexity index is 603. The van der Waals surface area contributed by atoms with Gasteiger partial charge in [-0.1, -0.05) is 11.6 Å². The number of anilines is 1. The molecule has 6 heteroatoms. The molecule has 0 bridgehead atoms. The van der Waals surface area contributed by atoms with Crippen LogP contribution in [0.4, 0.5) is 10.1 Å². The third kappa shape index (κ3) is 2.06. The van der Waals surface area contributed by atoms with Crippen LogP contribution in [0.2, 0.25) is 5.02 Å². The van der Waals surface area contributed by atoms with Crippen LogP contribution in [0, 0.1) is 11.7 Å². The Morgan fingerprint density at radius 2 is 2.10 bits per heavy atom. The fourth-order valence-corrected chi connectivity index (χ4v) is 2.87. The van der Waals surface area contributed by atoms with Crippen LogP contribution in [0.15, 0.2) is 18.2 Å². The zero-order valence-corrected chi connectivity index (χ0v) is 11.7. The second-order valence-electron chi connectivity index (χ2n) is 5.51. The molecular formula is C14H14ClFN2O2. The van der Waals surface area contributed by atoms with Gasteiger partial charge >= 0.3 is 0 Å². The topological polar surface area (TPSA) is 49.4 Å².